The average Bonchev–Trinajstić information content (AvgIpc) is 3.09. The number of alkyl halides is 2. The number of nitrogens with zero attached hydrogens (tertiary/aromatic N) is 3. The van der Waals surface area contributed by atoms with Crippen molar-refractivity contribution in [2.75, 3.05) is 49.5 Å². The molecule has 3 heterocycles. The van der Waals surface area contributed by atoms with Gasteiger partial charge in [-0.3, -0.25) is 4.72 Å². The van der Waals surface area contributed by atoms with Crippen molar-refractivity contribution in [3.05, 3.63) is 46.1 Å². The number of methoxy groups -OCH3 is 1. The van der Waals surface area contributed by atoms with Crippen molar-refractivity contribution in [3.8, 4) is 0 Å². The number of ether oxygens (including phenoxy) is 1. The predicted molar refractivity (Wildman–Crippen MR) is 126 cm³/mol. The fourth-order valence-corrected chi connectivity index (χ4v) is 7.00. The molecule has 1 aliphatic carbocycles. The molecular formula is C22H22Cl2F4N4O3S. The largest absolute Gasteiger partial charge is 0.374 e. The van der Waals surface area contributed by atoms with Crippen molar-refractivity contribution >= 4 is 44.7 Å². The summed E-state index contributed by atoms with van der Waals surface area (Å²) < 4.78 is 88.6. The molecule has 0 bridgehead atoms. The van der Waals surface area contributed by atoms with Gasteiger partial charge in [0.05, 0.1) is 10.7 Å². The Bertz CT molecular complexity index is 1300. The Labute approximate surface area is 215 Å². The highest BCUT2D eigenvalue weighted by atomic mass is 35.5. The van der Waals surface area contributed by atoms with Crippen LogP contribution < -0.4 is 9.62 Å². The van der Waals surface area contributed by atoms with E-state index in [0.717, 1.165) is 6.07 Å². The Kier molecular flexibility index (Phi) is 6.35. The van der Waals surface area contributed by atoms with Gasteiger partial charge in [-0.05, 0) is 24.6 Å². The highest BCUT2D eigenvalue weighted by Gasteiger charge is 2.71. The Morgan fingerprint density at radius 1 is 1.19 bits per heavy atom. The number of aromatic nitrogens is 1. The summed E-state index contributed by atoms with van der Waals surface area (Å²) in [6.45, 7) is 1.97. The molecule has 36 heavy (non-hydrogen) atoms. The summed E-state index contributed by atoms with van der Waals surface area (Å²) in [4.78, 5) is 6.22. The molecular weight excluding hydrogens is 547 g/mol. The zero-order valence-corrected chi connectivity index (χ0v) is 21.3. The third-order valence-corrected chi connectivity index (χ3v) is 9.39. The third kappa shape index (κ3) is 4.40. The van der Waals surface area contributed by atoms with Crippen molar-refractivity contribution in [2.24, 2.45) is 11.8 Å². The summed E-state index contributed by atoms with van der Waals surface area (Å²) in [5.74, 6) is -6.18. The van der Waals surface area contributed by atoms with Crippen LogP contribution in [-0.4, -0.2) is 69.7 Å². The normalized spacial score (nSPS) is 24.4. The number of anilines is 2. The standard InChI is InChI=1S/C22H22Cl2F4N4O3S/c1-35-21(5-6-31-8-12-13(9-31)22(12,27)28)10-32(11-21)15-7-14(23)20(19(26)18(15)24)36(33,34)30-17-4-2-3-16(25)29-17/h2-4,7,12-13H,5-6,8-11H2,1H3,(H,29,30). The van der Waals surface area contributed by atoms with Gasteiger partial charge in [0.25, 0.3) is 15.9 Å². The SMILES string of the molecule is COC1(CCN2CC3C(C2)C3(F)F)CN(c2cc(Cl)c(S(=O)(=O)Nc3cccc(F)n3)c(F)c2Cl)C1. The molecule has 3 fully saturated rings. The number of sulfonamides is 1. The molecule has 2 aromatic rings. The summed E-state index contributed by atoms with van der Waals surface area (Å²) in [5, 5.41) is -0.860. The van der Waals surface area contributed by atoms with E-state index in [9.17, 15) is 21.6 Å². The number of fused-ring (bicyclic) bond motifs is 1. The van der Waals surface area contributed by atoms with Crippen molar-refractivity contribution in [3.63, 3.8) is 0 Å². The van der Waals surface area contributed by atoms with E-state index in [1.165, 1.54) is 18.2 Å². The van der Waals surface area contributed by atoms with Gasteiger partial charge in [0, 0.05) is 51.7 Å². The Hall–Kier alpha value is -1.86. The van der Waals surface area contributed by atoms with Crippen LogP contribution in [0, 0.1) is 23.6 Å². The fraction of sp³-hybridized carbons (Fsp3) is 0.500. The van der Waals surface area contributed by atoms with Gasteiger partial charge in [0.15, 0.2) is 5.82 Å². The monoisotopic (exact) mass is 568 g/mol. The second-order valence-corrected chi connectivity index (χ2v) is 11.8. The first-order valence-electron chi connectivity index (χ1n) is 11.1. The van der Waals surface area contributed by atoms with E-state index in [1.54, 1.807) is 12.0 Å². The van der Waals surface area contributed by atoms with E-state index in [0.29, 0.717) is 39.1 Å². The molecule has 14 heteroatoms. The first kappa shape index (κ1) is 25.8. The van der Waals surface area contributed by atoms with E-state index in [4.69, 9.17) is 27.9 Å². The molecule has 7 nitrogen and oxygen atoms in total. The van der Waals surface area contributed by atoms with Gasteiger partial charge in [0.1, 0.15) is 21.3 Å². The lowest BCUT2D eigenvalue weighted by Gasteiger charge is -2.51. The van der Waals surface area contributed by atoms with Gasteiger partial charge in [-0.1, -0.05) is 29.3 Å². The van der Waals surface area contributed by atoms with Crippen LogP contribution in [-0.2, 0) is 14.8 Å². The van der Waals surface area contributed by atoms with Crippen molar-refractivity contribution < 1.29 is 30.7 Å². The lowest BCUT2D eigenvalue weighted by molar-refractivity contribution is -0.0464. The fourth-order valence-electron chi connectivity index (χ4n) is 5.04. The Balaban J connectivity index is 1.27. The van der Waals surface area contributed by atoms with E-state index < -0.39 is 60.1 Å². The molecule has 1 aromatic heterocycles. The van der Waals surface area contributed by atoms with E-state index in [-0.39, 0.29) is 11.5 Å². The van der Waals surface area contributed by atoms with Crippen LogP contribution in [0.2, 0.25) is 10.0 Å². The molecule has 3 aliphatic rings. The zero-order valence-electron chi connectivity index (χ0n) is 18.9. The number of hydrogen-bond donors (Lipinski definition) is 1. The first-order valence-corrected chi connectivity index (χ1v) is 13.3. The second-order valence-electron chi connectivity index (χ2n) is 9.43. The third-order valence-electron chi connectivity index (χ3n) is 7.21. The minimum atomic E-state index is -4.57. The number of hydrogen-bond acceptors (Lipinski definition) is 6. The lowest BCUT2D eigenvalue weighted by atomic mass is 9.89. The molecule has 2 aliphatic heterocycles. The van der Waals surface area contributed by atoms with Crippen LogP contribution in [0.5, 0.6) is 0 Å². The van der Waals surface area contributed by atoms with Gasteiger partial charge < -0.3 is 14.5 Å². The number of pyridine rings is 1. The first-order chi connectivity index (χ1) is 16.9. The summed E-state index contributed by atoms with van der Waals surface area (Å²) in [7, 11) is -3.03. The van der Waals surface area contributed by atoms with Gasteiger partial charge in [-0.15, -0.1) is 0 Å². The second kappa shape index (κ2) is 8.87. The Morgan fingerprint density at radius 2 is 1.86 bits per heavy atom. The number of halogens is 6. The molecule has 0 radical (unpaired) electrons. The number of benzene rings is 1. The maximum Gasteiger partial charge on any atom is 0.267 e. The molecule has 2 unspecified atom stereocenters. The molecule has 1 aromatic carbocycles. The topological polar surface area (TPSA) is 74.8 Å². The highest BCUT2D eigenvalue weighted by Crippen LogP contribution is 2.59. The number of piperidine rings is 1. The zero-order chi connectivity index (χ0) is 26.0. The van der Waals surface area contributed by atoms with Crippen LogP contribution in [0.1, 0.15) is 6.42 Å². The maximum absolute atomic E-state index is 15.2. The Morgan fingerprint density at radius 3 is 2.47 bits per heavy atom. The molecule has 196 valence electrons. The molecule has 1 N–H and O–H groups in total. The molecule has 2 saturated heterocycles. The smallest absolute Gasteiger partial charge is 0.267 e. The van der Waals surface area contributed by atoms with Gasteiger partial charge >= 0.3 is 0 Å². The van der Waals surface area contributed by atoms with Gasteiger partial charge in [-0.2, -0.15) is 4.39 Å². The molecule has 1 saturated carbocycles. The van der Waals surface area contributed by atoms with Crippen molar-refractivity contribution in [1.29, 1.82) is 0 Å². The van der Waals surface area contributed by atoms with Crippen molar-refractivity contribution in [2.45, 2.75) is 22.8 Å². The van der Waals surface area contributed by atoms with Crippen LogP contribution in [0.15, 0.2) is 29.2 Å². The van der Waals surface area contributed by atoms with Crippen molar-refractivity contribution in [1.82, 2.24) is 9.88 Å². The highest BCUT2D eigenvalue weighted by molar-refractivity contribution is 7.92. The molecule has 0 spiro atoms. The van der Waals surface area contributed by atoms with Gasteiger partial charge in [0.2, 0.25) is 5.95 Å². The van der Waals surface area contributed by atoms with E-state index in [1.807, 2.05) is 9.62 Å². The lowest BCUT2D eigenvalue weighted by Crippen LogP contribution is -2.64. The summed E-state index contributed by atoms with van der Waals surface area (Å²) in [6, 6.07) is 4.71. The van der Waals surface area contributed by atoms with Crippen LogP contribution >= 0.6 is 23.2 Å². The molecule has 2 atom stereocenters. The minimum Gasteiger partial charge on any atom is -0.374 e. The van der Waals surface area contributed by atoms with Gasteiger partial charge in [-0.25, -0.2) is 26.6 Å². The number of likely N-dealkylation sites (tertiary alicyclic amines) is 1. The number of rotatable bonds is 8. The summed E-state index contributed by atoms with van der Waals surface area (Å²) in [6.07, 6.45) is 0.579. The molecule has 5 rings (SSSR count). The van der Waals surface area contributed by atoms with Crippen LogP contribution in [0.4, 0.5) is 29.1 Å². The quantitative estimate of drug-likeness (QED) is 0.291. The molecule has 0 amide bonds. The van der Waals surface area contributed by atoms with E-state index in [2.05, 4.69) is 4.98 Å². The average molecular weight is 569 g/mol. The predicted octanol–water partition coefficient (Wildman–Crippen LogP) is 4.26. The van der Waals surface area contributed by atoms with Crippen LogP contribution in [0.3, 0.4) is 0 Å². The minimum absolute atomic E-state index is 0.191. The van der Waals surface area contributed by atoms with E-state index >= 15 is 4.39 Å². The number of nitrogens with one attached hydrogen (secondary N) is 1. The summed E-state index contributed by atoms with van der Waals surface area (Å²) in [5.41, 5.74) is -0.395. The van der Waals surface area contributed by atoms with Crippen LogP contribution in [0.25, 0.3) is 0 Å². The maximum atomic E-state index is 15.2. The summed E-state index contributed by atoms with van der Waals surface area (Å²) >= 11 is 12.4.